The van der Waals surface area contributed by atoms with Crippen molar-refractivity contribution in [2.24, 2.45) is 7.05 Å². The number of carboxylic acids is 1. The van der Waals surface area contributed by atoms with Crippen molar-refractivity contribution < 1.29 is 14.6 Å². The molecule has 0 atom stereocenters. The highest BCUT2D eigenvalue weighted by molar-refractivity contribution is 5.91. The third-order valence-corrected chi connectivity index (χ3v) is 4.49. The molecular weight excluding hydrogens is 376 g/mol. The van der Waals surface area contributed by atoms with E-state index in [0.29, 0.717) is 18.8 Å². The highest BCUT2D eigenvalue weighted by Crippen LogP contribution is 2.23. The van der Waals surface area contributed by atoms with E-state index in [2.05, 4.69) is 28.6 Å². The Hall–Kier alpha value is -3.34. The summed E-state index contributed by atoms with van der Waals surface area (Å²) >= 11 is 0. The monoisotopic (exact) mass is 406 g/mol. The number of carboxylic acid groups (broad SMARTS) is 1. The Morgan fingerprint density at radius 3 is 2.57 bits per heavy atom. The summed E-state index contributed by atoms with van der Waals surface area (Å²) in [6.07, 6.45) is 9.98. The van der Waals surface area contributed by atoms with Crippen molar-refractivity contribution in [2.45, 2.75) is 33.6 Å². The zero-order valence-electron chi connectivity index (χ0n) is 18.1. The second-order valence-corrected chi connectivity index (χ2v) is 6.68. The Kier molecular flexibility index (Phi) is 8.88. The third-order valence-electron chi connectivity index (χ3n) is 4.49. The molecule has 1 heterocycles. The van der Waals surface area contributed by atoms with Gasteiger partial charge in [0.25, 0.3) is 0 Å². The first-order chi connectivity index (χ1) is 14.5. The van der Waals surface area contributed by atoms with Crippen LogP contribution in [-0.2, 0) is 13.5 Å². The minimum atomic E-state index is -0.984. The number of aryl methyl sites for hydroxylation is 1. The topological polar surface area (TPSA) is 64.4 Å². The summed E-state index contributed by atoms with van der Waals surface area (Å²) < 4.78 is 7.51. The summed E-state index contributed by atoms with van der Waals surface area (Å²) in [5.74, 6) is 0.343. The Balaban J connectivity index is 0.000000396. The van der Waals surface area contributed by atoms with E-state index in [1.54, 1.807) is 12.1 Å². The van der Waals surface area contributed by atoms with Crippen LogP contribution in [0.2, 0.25) is 0 Å². The molecule has 3 rings (SSSR count). The van der Waals surface area contributed by atoms with Gasteiger partial charge in [-0.25, -0.2) is 9.78 Å². The van der Waals surface area contributed by atoms with Gasteiger partial charge in [-0.1, -0.05) is 49.4 Å². The fraction of sp³-hybridized carbons (Fsp3) is 0.280. The van der Waals surface area contributed by atoms with Crippen molar-refractivity contribution in [3.8, 4) is 5.75 Å². The first kappa shape index (κ1) is 22.9. The second-order valence-electron chi connectivity index (χ2n) is 6.68. The Labute approximate surface area is 178 Å². The summed E-state index contributed by atoms with van der Waals surface area (Å²) in [6.45, 7) is 6.40. The van der Waals surface area contributed by atoms with E-state index < -0.39 is 5.97 Å². The lowest BCUT2D eigenvalue weighted by Crippen LogP contribution is -2.05. The maximum atomic E-state index is 11.2. The number of ether oxygens (including phenoxy) is 1. The molecule has 2 aromatic carbocycles. The van der Waals surface area contributed by atoms with Crippen LogP contribution in [0.3, 0.4) is 0 Å². The Morgan fingerprint density at radius 1 is 1.17 bits per heavy atom. The number of carbonyl (C=O) groups is 1. The molecular formula is C25H30N2O3. The van der Waals surface area contributed by atoms with Crippen LogP contribution in [0, 0.1) is 0 Å². The van der Waals surface area contributed by atoms with Crippen LogP contribution in [0.5, 0.6) is 5.75 Å². The fourth-order valence-corrected chi connectivity index (χ4v) is 2.99. The smallest absolute Gasteiger partial charge is 0.339 e. The number of rotatable bonds is 7. The van der Waals surface area contributed by atoms with Crippen molar-refractivity contribution in [1.29, 1.82) is 0 Å². The van der Waals surface area contributed by atoms with E-state index in [4.69, 9.17) is 4.74 Å². The molecule has 0 spiro atoms. The van der Waals surface area contributed by atoms with Crippen molar-refractivity contribution in [1.82, 2.24) is 9.55 Å². The van der Waals surface area contributed by atoms with Crippen LogP contribution in [0.1, 0.15) is 48.9 Å². The molecule has 0 aliphatic carbocycles. The fourth-order valence-electron chi connectivity index (χ4n) is 2.99. The second kappa shape index (κ2) is 11.6. The summed E-state index contributed by atoms with van der Waals surface area (Å²) in [5, 5.41) is 9.22. The zero-order chi connectivity index (χ0) is 21.9. The number of para-hydroxylation sites is 2. The molecule has 0 aliphatic heterocycles. The Bertz CT molecular complexity index is 1030. The van der Waals surface area contributed by atoms with Gasteiger partial charge in [0.2, 0.25) is 0 Å². The van der Waals surface area contributed by atoms with E-state index in [1.807, 2.05) is 63.4 Å². The summed E-state index contributed by atoms with van der Waals surface area (Å²) in [4.78, 5) is 15.9. The molecule has 3 aromatic rings. The van der Waals surface area contributed by atoms with E-state index in [1.165, 1.54) is 0 Å². The van der Waals surface area contributed by atoms with Gasteiger partial charge < -0.3 is 14.4 Å². The molecule has 0 saturated heterocycles. The lowest BCUT2D eigenvalue weighted by atomic mass is 10.1. The number of fused-ring (bicyclic) bond motifs is 1. The predicted octanol–water partition coefficient (Wildman–Crippen LogP) is 5.79. The van der Waals surface area contributed by atoms with Gasteiger partial charge in [0.05, 0.1) is 17.6 Å². The lowest BCUT2D eigenvalue weighted by molar-refractivity contribution is 0.0692. The summed E-state index contributed by atoms with van der Waals surface area (Å²) in [7, 11) is 1.99. The summed E-state index contributed by atoms with van der Waals surface area (Å²) in [5.41, 5.74) is 3.18. The van der Waals surface area contributed by atoms with Crippen molar-refractivity contribution in [3.63, 3.8) is 0 Å². The van der Waals surface area contributed by atoms with Crippen LogP contribution in [0.4, 0.5) is 0 Å². The van der Waals surface area contributed by atoms with Gasteiger partial charge in [0, 0.05) is 13.5 Å². The number of aromatic nitrogens is 2. The van der Waals surface area contributed by atoms with Gasteiger partial charge >= 0.3 is 5.97 Å². The van der Waals surface area contributed by atoms with Gasteiger partial charge in [-0.3, -0.25) is 0 Å². The van der Waals surface area contributed by atoms with Crippen LogP contribution in [-0.4, -0.2) is 27.2 Å². The van der Waals surface area contributed by atoms with E-state index in [9.17, 15) is 9.90 Å². The molecule has 0 bridgehead atoms. The maximum Gasteiger partial charge on any atom is 0.339 e. The number of hydrogen-bond donors (Lipinski definition) is 1. The molecule has 158 valence electrons. The average molecular weight is 407 g/mol. The lowest BCUT2D eigenvalue weighted by Gasteiger charge is -2.10. The van der Waals surface area contributed by atoms with Crippen molar-refractivity contribution >= 4 is 17.0 Å². The predicted molar refractivity (Wildman–Crippen MR) is 122 cm³/mol. The third kappa shape index (κ3) is 6.08. The zero-order valence-corrected chi connectivity index (χ0v) is 18.1. The minimum Gasteiger partial charge on any atom is -0.493 e. The molecule has 0 aliphatic rings. The molecule has 0 fully saturated rings. The van der Waals surface area contributed by atoms with Gasteiger partial charge in [-0.05, 0) is 50.1 Å². The van der Waals surface area contributed by atoms with Crippen LogP contribution in [0.25, 0.3) is 11.0 Å². The van der Waals surface area contributed by atoms with Crippen LogP contribution in [0.15, 0.2) is 66.8 Å². The molecule has 1 aromatic heterocycles. The average Bonchev–Trinajstić information content (AvgIpc) is 3.05. The number of hydrogen-bond acceptors (Lipinski definition) is 3. The molecule has 0 amide bonds. The highest BCUT2D eigenvalue weighted by atomic mass is 16.5. The molecule has 0 radical (unpaired) electrons. The molecule has 30 heavy (non-hydrogen) atoms. The van der Waals surface area contributed by atoms with Crippen LogP contribution < -0.4 is 4.74 Å². The molecule has 5 heteroatoms. The number of aromatic carboxylic acids is 1. The molecule has 0 saturated carbocycles. The van der Waals surface area contributed by atoms with E-state index in [0.717, 1.165) is 28.8 Å². The van der Waals surface area contributed by atoms with E-state index in [-0.39, 0.29) is 5.56 Å². The normalized spacial score (nSPS) is 11.1. The maximum absolute atomic E-state index is 11.2. The molecule has 0 unspecified atom stereocenters. The minimum absolute atomic E-state index is 0.181. The first-order valence-electron chi connectivity index (χ1n) is 10.2. The molecule has 1 N–H and O–H groups in total. The number of benzene rings is 2. The van der Waals surface area contributed by atoms with Gasteiger partial charge in [0.1, 0.15) is 17.1 Å². The number of imidazole rings is 1. The van der Waals surface area contributed by atoms with Crippen molar-refractivity contribution in [3.05, 3.63) is 83.7 Å². The van der Waals surface area contributed by atoms with Gasteiger partial charge in [-0.2, -0.15) is 0 Å². The van der Waals surface area contributed by atoms with Gasteiger partial charge in [-0.15, -0.1) is 0 Å². The van der Waals surface area contributed by atoms with Crippen molar-refractivity contribution in [2.75, 3.05) is 6.61 Å². The van der Waals surface area contributed by atoms with Crippen LogP contribution >= 0.6 is 0 Å². The van der Waals surface area contributed by atoms with E-state index >= 15 is 0 Å². The largest absolute Gasteiger partial charge is 0.493 e. The standard InChI is InChI=1S/C18H18N2O3.C7H12/c1-3-23-16-10-12(8-9-13(16)18(21)22)11-17-19-14-6-4-5-7-15(14)20(17)2;1-3-5-7-6-4-2/h4-10H,3,11H2,1-2H3,(H,21,22);3,5-7H,4H2,1-2H3/b;5-3-,7-6-. The first-order valence-corrected chi connectivity index (χ1v) is 10.2. The highest BCUT2D eigenvalue weighted by Gasteiger charge is 2.14. The van der Waals surface area contributed by atoms with Gasteiger partial charge in [0.15, 0.2) is 0 Å². The molecule has 5 nitrogen and oxygen atoms in total. The quantitative estimate of drug-likeness (QED) is 0.504. The number of allylic oxidation sites excluding steroid dienone is 4. The SMILES string of the molecule is C/C=C\C=C/CC.CCOc1cc(Cc2nc3ccccc3n2C)ccc1C(=O)O. The summed E-state index contributed by atoms with van der Waals surface area (Å²) in [6, 6.07) is 13.2. The Morgan fingerprint density at radius 2 is 1.93 bits per heavy atom. The number of nitrogens with zero attached hydrogens (tertiary/aromatic N) is 2.